The molecule has 2 N–H and O–H groups in total. The lowest BCUT2D eigenvalue weighted by molar-refractivity contribution is 0.550. The number of nitrogens with one attached hydrogen (secondary N) is 2. The third-order valence-corrected chi connectivity index (χ3v) is 4.07. The fourth-order valence-corrected chi connectivity index (χ4v) is 3.01. The highest BCUT2D eigenvalue weighted by atomic mass is 35.5. The van der Waals surface area contributed by atoms with Gasteiger partial charge in [0.15, 0.2) is 0 Å². The molecule has 1 unspecified atom stereocenters. The van der Waals surface area contributed by atoms with Gasteiger partial charge < -0.3 is 10.6 Å². The van der Waals surface area contributed by atoms with Crippen LogP contribution in [0.3, 0.4) is 0 Å². The van der Waals surface area contributed by atoms with Crippen LogP contribution in [0.2, 0.25) is 5.28 Å². The zero-order valence-corrected chi connectivity index (χ0v) is 14.0. The van der Waals surface area contributed by atoms with E-state index in [0.29, 0.717) is 17.8 Å². The molecule has 0 aliphatic heterocycles. The van der Waals surface area contributed by atoms with Gasteiger partial charge in [-0.15, -0.1) is 11.3 Å². The summed E-state index contributed by atoms with van der Waals surface area (Å²) >= 11 is 7.70. The normalized spacial score (nSPS) is 12.4. The average Bonchev–Trinajstić information content (AvgIpc) is 2.95. The molecule has 7 heteroatoms. The van der Waals surface area contributed by atoms with Crippen molar-refractivity contribution in [2.24, 2.45) is 5.92 Å². The van der Waals surface area contributed by atoms with Gasteiger partial charge >= 0.3 is 0 Å². The van der Waals surface area contributed by atoms with E-state index in [1.165, 1.54) is 4.88 Å². The van der Waals surface area contributed by atoms with Crippen molar-refractivity contribution in [2.45, 2.75) is 33.2 Å². The quantitative estimate of drug-likeness (QED) is 0.798. The first-order chi connectivity index (χ1) is 10.1. The number of hydrogen-bond acceptors (Lipinski definition) is 6. The summed E-state index contributed by atoms with van der Waals surface area (Å²) in [5.74, 6) is 1.42. The minimum Gasteiger partial charge on any atom is -0.354 e. The summed E-state index contributed by atoms with van der Waals surface area (Å²) in [4.78, 5) is 13.9. The summed E-state index contributed by atoms with van der Waals surface area (Å²) in [6, 6.07) is 4.31. The molecular formula is C14H20ClN5S. The maximum absolute atomic E-state index is 5.98. The van der Waals surface area contributed by atoms with Crippen LogP contribution < -0.4 is 10.6 Å². The molecule has 21 heavy (non-hydrogen) atoms. The molecule has 114 valence electrons. The van der Waals surface area contributed by atoms with Crippen molar-refractivity contribution in [3.05, 3.63) is 27.7 Å². The number of anilines is 2. The van der Waals surface area contributed by atoms with Gasteiger partial charge in [-0.25, -0.2) is 0 Å². The summed E-state index contributed by atoms with van der Waals surface area (Å²) in [6.45, 7) is 7.21. The second kappa shape index (κ2) is 7.56. The van der Waals surface area contributed by atoms with Crippen molar-refractivity contribution < 1.29 is 0 Å². The highest BCUT2D eigenvalue weighted by Crippen LogP contribution is 2.29. The standard InChI is InChI=1S/C14H20ClN5S/c1-4-7-16-13-18-12(15)19-14(20-13)17-11(9(2)3)10-6-5-8-21-10/h5-6,8-9,11H,4,7H2,1-3H3,(H2,16,17,18,19,20). The molecule has 0 fully saturated rings. The van der Waals surface area contributed by atoms with Crippen molar-refractivity contribution in [1.29, 1.82) is 0 Å². The van der Waals surface area contributed by atoms with E-state index in [1.54, 1.807) is 11.3 Å². The third kappa shape index (κ3) is 4.54. The van der Waals surface area contributed by atoms with Gasteiger partial charge in [0.05, 0.1) is 6.04 Å². The maximum atomic E-state index is 5.98. The average molecular weight is 326 g/mol. The topological polar surface area (TPSA) is 62.7 Å². The Morgan fingerprint density at radius 1 is 1.24 bits per heavy atom. The van der Waals surface area contributed by atoms with E-state index in [0.717, 1.165) is 13.0 Å². The molecule has 0 bridgehead atoms. The number of halogens is 1. The number of nitrogens with zero attached hydrogens (tertiary/aromatic N) is 3. The van der Waals surface area contributed by atoms with Gasteiger partial charge in [-0.2, -0.15) is 15.0 Å². The van der Waals surface area contributed by atoms with Crippen LogP contribution in [0.4, 0.5) is 11.9 Å². The summed E-state index contributed by atoms with van der Waals surface area (Å²) in [6.07, 6.45) is 0.996. The molecule has 2 aromatic heterocycles. The predicted molar refractivity (Wildman–Crippen MR) is 89.1 cm³/mol. The van der Waals surface area contributed by atoms with Gasteiger partial charge in [0.2, 0.25) is 17.2 Å². The third-order valence-electron chi connectivity index (χ3n) is 2.94. The molecule has 0 amide bonds. The van der Waals surface area contributed by atoms with E-state index in [4.69, 9.17) is 11.6 Å². The highest BCUT2D eigenvalue weighted by molar-refractivity contribution is 7.10. The zero-order valence-electron chi connectivity index (χ0n) is 12.4. The SMILES string of the molecule is CCCNc1nc(Cl)nc(NC(c2cccs2)C(C)C)n1. The lowest BCUT2D eigenvalue weighted by Gasteiger charge is -2.21. The van der Waals surface area contributed by atoms with Crippen LogP contribution in [0.5, 0.6) is 0 Å². The van der Waals surface area contributed by atoms with Crippen LogP contribution in [0, 0.1) is 5.92 Å². The Kier molecular flexibility index (Phi) is 5.76. The van der Waals surface area contributed by atoms with Crippen LogP contribution >= 0.6 is 22.9 Å². The first kappa shape index (κ1) is 16.0. The maximum Gasteiger partial charge on any atom is 0.229 e. The van der Waals surface area contributed by atoms with Crippen molar-refractivity contribution in [1.82, 2.24) is 15.0 Å². The van der Waals surface area contributed by atoms with E-state index in [2.05, 4.69) is 57.8 Å². The molecule has 0 aliphatic carbocycles. The van der Waals surface area contributed by atoms with Crippen molar-refractivity contribution in [2.75, 3.05) is 17.2 Å². The van der Waals surface area contributed by atoms with Crippen LogP contribution in [0.25, 0.3) is 0 Å². The van der Waals surface area contributed by atoms with Crippen molar-refractivity contribution in [3.8, 4) is 0 Å². The fraction of sp³-hybridized carbons (Fsp3) is 0.500. The molecule has 2 rings (SSSR count). The molecule has 0 spiro atoms. The van der Waals surface area contributed by atoms with Crippen LogP contribution in [-0.2, 0) is 0 Å². The number of rotatable bonds is 7. The van der Waals surface area contributed by atoms with Gasteiger partial charge in [-0.1, -0.05) is 26.8 Å². The first-order valence-corrected chi connectivity index (χ1v) is 8.31. The highest BCUT2D eigenvalue weighted by Gasteiger charge is 2.18. The van der Waals surface area contributed by atoms with Gasteiger partial charge in [0.1, 0.15) is 0 Å². The first-order valence-electron chi connectivity index (χ1n) is 7.05. The van der Waals surface area contributed by atoms with Gasteiger partial charge in [-0.05, 0) is 35.4 Å². The largest absolute Gasteiger partial charge is 0.354 e. The molecule has 0 saturated heterocycles. The Morgan fingerprint density at radius 3 is 2.62 bits per heavy atom. The van der Waals surface area contributed by atoms with Crippen LogP contribution in [-0.4, -0.2) is 21.5 Å². The fourth-order valence-electron chi connectivity index (χ4n) is 1.90. The summed E-state index contributed by atoms with van der Waals surface area (Å²) in [7, 11) is 0. The van der Waals surface area contributed by atoms with E-state index >= 15 is 0 Å². The molecule has 0 aliphatic rings. The second-order valence-electron chi connectivity index (χ2n) is 5.06. The van der Waals surface area contributed by atoms with Gasteiger partial charge in [0.25, 0.3) is 0 Å². The molecular weight excluding hydrogens is 306 g/mol. The van der Waals surface area contributed by atoms with Crippen LogP contribution in [0.1, 0.15) is 38.1 Å². The summed E-state index contributed by atoms with van der Waals surface area (Å²) in [5, 5.41) is 8.76. The van der Waals surface area contributed by atoms with Crippen LogP contribution in [0.15, 0.2) is 17.5 Å². The Morgan fingerprint density at radius 2 is 2.00 bits per heavy atom. The molecule has 0 aromatic carbocycles. The molecule has 2 aromatic rings. The Labute approximate surface area is 134 Å². The van der Waals surface area contributed by atoms with Gasteiger partial charge in [-0.3, -0.25) is 0 Å². The monoisotopic (exact) mass is 325 g/mol. The molecule has 2 heterocycles. The summed E-state index contributed by atoms with van der Waals surface area (Å²) in [5.41, 5.74) is 0. The Balaban J connectivity index is 2.18. The second-order valence-corrected chi connectivity index (χ2v) is 6.38. The lowest BCUT2D eigenvalue weighted by Crippen LogP contribution is -2.18. The number of aromatic nitrogens is 3. The van der Waals surface area contributed by atoms with E-state index in [9.17, 15) is 0 Å². The summed E-state index contributed by atoms with van der Waals surface area (Å²) < 4.78 is 0. The molecule has 1 atom stereocenters. The molecule has 0 saturated carbocycles. The Bertz CT molecular complexity index is 558. The predicted octanol–water partition coefficient (Wildman–Crippen LogP) is 4.22. The minimum absolute atomic E-state index is 0.155. The minimum atomic E-state index is 0.155. The zero-order chi connectivity index (χ0) is 15.2. The molecule has 5 nitrogen and oxygen atoms in total. The lowest BCUT2D eigenvalue weighted by atomic mass is 10.0. The smallest absolute Gasteiger partial charge is 0.229 e. The van der Waals surface area contributed by atoms with Crippen molar-refractivity contribution >= 4 is 34.8 Å². The van der Waals surface area contributed by atoms with E-state index in [-0.39, 0.29) is 11.3 Å². The van der Waals surface area contributed by atoms with Gasteiger partial charge in [0, 0.05) is 11.4 Å². The van der Waals surface area contributed by atoms with Crippen molar-refractivity contribution in [3.63, 3.8) is 0 Å². The Hall–Kier alpha value is -1.40. The number of thiophene rings is 1. The van der Waals surface area contributed by atoms with E-state index < -0.39 is 0 Å². The molecule has 0 radical (unpaired) electrons. The number of hydrogen-bond donors (Lipinski definition) is 2. The van der Waals surface area contributed by atoms with E-state index in [1.807, 2.05) is 6.07 Å².